The summed E-state index contributed by atoms with van der Waals surface area (Å²) < 4.78 is 38.6. The molecule has 3 N–H and O–H groups in total. The van der Waals surface area contributed by atoms with E-state index in [2.05, 4.69) is 24.9 Å². The van der Waals surface area contributed by atoms with Gasteiger partial charge in [0.2, 0.25) is 12.6 Å². The molecule has 2 aliphatic carbocycles. The highest BCUT2D eigenvalue weighted by Crippen LogP contribution is 2.62. The molecule has 14 nitrogen and oxygen atoms in total. The van der Waals surface area contributed by atoms with E-state index >= 15 is 4.79 Å². The van der Waals surface area contributed by atoms with Crippen LogP contribution in [0.4, 0.5) is 9.59 Å². The lowest BCUT2D eigenvalue weighted by molar-refractivity contribution is -0.256. The molecule has 2 aliphatic heterocycles. The van der Waals surface area contributed by atoms with Crippen molar-refractivity contribution < 1.29 is 53.1 Å². The molecule has 404 valence electrons. The van der Waals surface area contributed by atoms with Gasteiger partial charge in [-0.2, -0.15) is 0 Å². The fourth-order valence-electron chi connectivity index (χ4n) is 11.2. The number of amides is 2. The van der Waals surface area contributed by atoms with Gasteiger partial charge in [-0.1, -0.05) is 131 Å². The van der Waals surface area contributed by atoms with Crippen LogP contribution in [0.5, 0.6) is 23.0 Å². The summed E-state index contributed by atoms with van der Waals surface area (Å²) in [5.41, 5.74) is 3.47. The molecule has 3 aromatic rings. The SMILES string of the molecule is C=CCOC12Oc3ccc(OC(=O)NCc4ccccc4)cc3C3C(CCCCO)C(CCCCO)C=C(C(=NOC(C)(C)C)CC1N(Cc1ccc4c(c1)OCO4)C(=O)OCCCCCCCCCCCC)C32. The van der Waals surface area contributed by atoms with Gasteiger partial charge in [-0.25, -0.2) is 9.59 Å². The third-order valence-electron chi connectivity index (χ3n) is 14.7. The summed E-state index contributed by atoms with van der Waals surface area (Å²) in [5, 5.41) is 28.0. The van der Waals surface area contributed by atoms with Crippen molar-refractivity contribution in [3.63, 3.8) is 0 Å². The zero-order valence-corrected chi connectivity index (χ0v) is 44.5. The van der Waals surface area contributed by atoms with Crippen molar-refractivity contribution in [2.24, 2.45) is 22.9 Å². The topological polar surface area (TPSA) is 167 Å². The number of benzene rings is 3. The molecule has 0 bridgehead atoms. The van der Waals surface area contributed by atoms with Crippen LogP contribution in [0.3, 0.4) is 0 Å². The molecule has 3 aromatic carbocycles. The predicted octanol–water partition coefficient (Wildman–Crippen LogP) is 12.7. The second-order valence-electron chi connectivity index (χ2n) is 21.3. The second kappa shape index (κ2) is 27.8. The molecule has 0 saturated heterocycles. The van der Waals surface area contributed by atoms with E-state index < -0.39 is 35.5 Å². The minimum Gasteiger partial charge on any atom is -0.459 e. The van der Waals surface area contributed by atoms with Gasteiger partial charge in [0, 0.05) is 44.2 Å². The monoisotopic (exact) mass is 1020 g/mol. The smallest absolute Gasteiger partial charge is 0.412 e. The molecule has 4 aliphatic rings. The van der Waals surface area contributed by atoms with Crippen LogP contribution in [0.2, 0.25) is 0 Å². The van der Waals surface area contributed by atoms with Crippen molar-refractivity contribution in [2.45, 2.75) is 173 Å². The minimum atomic E-state index is -1.54. The fourth-order valence-corrected chi connectivity index (χ4v) is 11.2. The first-order valence-corrected chi connectivity index (χ1v) is 27.6. The number of hydrogen-bond acceptors (Lipinski definition) is 12. The number of ether oxygens (including phenoxy) is 6. The van der Waals surface area contributed by atoms with Gasteiger partial charge in [0.05, 0.1) is 24.8 Å². The van der Waals surface area contributed by atoms with Gasteiger partial charge in [0.15, 0.2) is 11.5 Å². The third kappa shape index (κ3) is 14.8. The minimum absolute atomic E-state index is 0.00504. The van der Waals surface area contributed by atoms with Crippen LogP contribution in [0.25, 0.3) is 0 Å². The highest BCUT2D eigenvalue weighted by Gasteiger charge is 2.66. The molecular formula is C60H83N3O11. The first kappa shape index (κ1) is 56.2. The maximum atomic E-state index is 15.2. The molecule has 2 amide bonds. The lowest BCUT2D eigenvalue weighted by Crippen LogP contribution is -2.70. The second-order valence-corrected chi connectivity index (χ2v) is 21.3. The molecule has 0 aromatic heterocycles. The van der Waals surface area contributed by atoms with E-state index in [1.807, 2.05) is 81.4 Å². The average molecular weight is 1020 g/mol. The van der Waals surface area contributed by atoms with Gasteiger partial charge in [-0.15, -0.1) is 6.58 Å². The molecule has 6 atom stereocenters. The summed E-state index contributed by atoms with van der Waals surface area (Å²) in [4.78, 5) is 36.7. The fraction of sp³-hybridized carbons (Fsp3) is 0.583. The number of nitrogens with zero attached hydrogens (tertiary/aromatic N) is 2. The van der Waals surface area contributed by atoms with Crippen LogP contribution in [0.1, 0.15) is 159 Å². The Morgan fingerprint density at radius 3 is 2.26 bits per heavy atom. The summed E-state index contributed by atoms with van der Waals surface area (Å²) in [7, 11) is 0. The van der Waals surface area contributed by atoms with Crippen LogP contribution in [0.15, 0.2) is 96.2 Å². The molecule has 1 fully saturated rings. The normalized spacial score (nSPS) is 21.9. The molecule has 0 spiro atoms. The Hall–Kier alpha value is -5.57. The Kier molecular flexibility index (Phi) is 21.1. The molecule has 6 unspecified atom stereocenters. The van der Waals surface area contributed by atoms with E-state index in [4.69, 9.17) is 38.4 Å². The van der Waals surface area contributed by atoms with Crippen molar-refractivity contribution in [3.05, 3.63) is 108 Å². The first-order chi connectivity index (χ1) is 36.0. The number of carbonyl (C=O) groups is 2. The van der Waals surface area contributed by atoms with Gasteiger partial charge in [-0.05, 0) is 112 Å². The van der Waals surface area contributed by atoms with Gasteiger partial charge in [-0.3, -0.25) is 4.90 Å². The molecule has 2 heterocycles. The maximum absolute atomic E-state index is 15.2. The number of aliphatic hydroxyl groups is 2. The lowest BCUT2D eigenvalue weighted by Gasteiger charge is -2.60. The Labute approximate surface area is 439 Å². The Morgan fingerprint density at radius 1 is 0.838 bits per heavy atom. The van der Waals surface area contributed by atoms with Crippen LogP contribution in [-0.4, -0.2) is 83.7 Å². The molecule has 74 heavy (non-hydrogen) atoms. The first-order valence-electron chi connectivity index (χ1n) is 27.6. The zero-order valence-electron chi connectivity index (χ0n) is 44.5. The van der Waals surface area contributed by atoms with E-state index in [0.29, 0.717) is 48.1 Å². The van der Waals surface area contributed by atoms with Crippen LogP contribution < -0.4 is 24.3 Å². The highest BCUT2D eigenvalue weighted by atomic mass is 16.7. The average Bonchev–Trinajstić information content (AvgIpc) is 3.91. The van der Waals surface area contributed by atoms with Crippen molar-refractivity contribution >= 4 is 17.9 Å². The number of aliphatic hydroxyl groups excluding tert-OH is 2. The van der Waals surface area contributed by atoms with Crippen molar-refractivity contribution in [3.8, 4) is 23.0 Å². The number of nitrogens with one attached hydrogen (secondary N) is 1. The number of oxime groups is 1. The molecule has 14 heteroatoms. The van der Waals surface area contributed by atoms with Gasteiger partial charge >= 0.3 is 12.2 Å². The highest BCUT2D eigenvalue weighted by molar-refractivity contribution is 6.03. The predicted molar refractivity (Wildman–Crippen MR) is 286 cm³/mol. The zero-order chi connectivity index (χ0) is 52.3. The Bertz CT molecular complexity index is 2330. The van der Waals surface area contributed by atoms with Crippen LogP contribution >= 0.6 is 0 Å². The third-order valence-corrected chi connectivity index (χ3v) is 14.7. The largest absolute Gasteiger partial charge is 0.459 e. The molecule has 1 saturated carbocycles. The number of rotatable bonds is 29. The van der Waals surface area contributed by atoms with Gasteiger partial charge < -0.3 is 48.8 Å². The van der Waals surface area contributed by atoms with Crippen molar-refractivity contribution in [1.29, 1.82) is 0 Å². The number of hydrogen-bond donors (Lipinski definition) is 3. The number of allylic oxidation sites excluding steroid dienone is 1. The summed E-state index contributed by atoms with van der Waals surface area (Å²) in [6, 6.07) is 20.0. The summed E-state index contributed by atoms with van der Waals surface area (Å²) in [6.07, 6.45) is 18.9. The van der Waals surface area contributed by atoms with E-state index in [-0.39, 0.29) is 63.9 Å². The van der Waals surface area contributed by atoms with Crippen LogP contribution in [-0.2, 0) is 27.4 Å². The van der Waals surface area contributed by atoms with Crippen molar-refractivity contribution in [1.82, 2.24) is 10.2 Å². The lowest BCUT2D eigenvalue weighted by atomic mass is 9.55. The molecular weight excluding hydrogens is 939 g/mol. The van der Waals surface area contributed by atoms with Gasteiger partial charge in [0.1, 0.15) is 23.1 Å². The summed E-state index contributed by atoms with van der Waals surface area (Å²) in [6.45, 7) is 13.2. The standard InChI is InChI=1S/C60H83N3O11/c1-6-8-9-10-11-12-13-14-15-23-35-68-58(67)63(41-44-28-30-52-53(36-44)70-42-69-52)54-39-50(62-74-59(3,4)5)48-37-45(26-19-21-32-64)47(27-20-22-33-65)55-49-38-46(72-57(66)61-40-43-24-17-16-18-25-43)29-31-51(49)73-60(54,56(48)55)71-34-7-2/h7,16-18,24-25,28-31,36-38,45,47,54-56,64-65H,2,6,8-15,19-23,26-27,32-35,39-42H2,1,3-5H3,(H,61,66). The van der Waals surface area contributed by atoms with Crippen molar-refractivity contribution in [2.75, 3.05) is 33.2 Å². The van der Waals surface area contributed by atoms with E-state index in [1.54, 1.807) is 17.0 Å². The molecule has 7 rings (SSSR count). The maximum Gasteiger partial charge on any atom is 0.412 e. The number of unbranched alkanes of at least 4 members (excludes halogenated alkanes) is 11. The Balaban J connectivity index is 1.32. The van der Waals surface area contributed by atoms with E-state index in [9.17, 15) is 15.0 Å². The van der Waals surface area contributed by atoms with Crippen LogP contribution in [0, 0.1) is 17.8 Å². The Morgan fingerprint density at radius 2 is 1.54 bits per heavy atom. The number of carbonyl (C=O) groups excluding carboxylic acids is 2. The van der Waals surface area contributed by atoms with Gasteiger partial charge in [0.25, 0.3) is 0 Å². The summed E-state index contributed by atoms with van der Waals surface area (Å²) in [5.74, 6) is -0.393. The van der Waals surface area contributed by atoms with E-state index in [0.717, 1.165) is 73.6 Å². The summed E-state index contributed by atoms with van der Waals surface area (Å²) >= 11 is 0. The quantitative estimate of drug-likeness (QED) is 0.0344. The van der Waals surface area contributed by atoms with E-state index in [1.165, 1.54) is 38.5 Å². The molecule has 0 radical (unpaired) electrons. The number of fused-ring (bicyclic) bond motifs is 3.